The third kappa shape index (κ3) is 8.93. The summed E-state index contributed by atoms with van der Waals surface area (Å²) in [7, 11) is 0. The van der Waals surface area contributed by atoms with Gasteiger partial charge in [-0.1, -0.05) is 0 Å². The van der Waals surface area contributed by atoms with Crippen LogP contribution in [0.15, 0.2) is 0 Å². The molecule has 0 aromatic rings. The Balaban J connectivity index is 1.74. The minimum Gasteiger partial charge on any atom is -0.394 e. The van der Waals surface area contributed by atoms with Gasteiger partial charge in [0.1, 0.15) is 36.6 Å². The highest BCUT2D eigenvalue weighted by Gasteiger charge is 2.51. The molecule has 2 saturated heterocycles. The van der Waals surface area contributed by atoms with Crippen molar-refractivity contribution in [2.75, 3.05) is 39.4 Å². The number of hydrogen-bond acceptors (Lipinski definition) is 18. The second kappa shape index (κ2) is 16.5. The van der Waals surface area contributed by atoms with Crippen LogP contribution in [0.3, 0.4) is 0 Å². The molecule has 0 spiro atoms. The van der Waals surface area contributed by atoms with Gasteiger partial charge >= 0.3 is 0 Å². The molecule has 0 aromatic heterocycles. The van der Waals surface area contributed by atoms with E-state index in [4.69, 9.17) is 47.0 Å². The number of ether oxygens (including phenoxy) is 4. The summed E-state index contributed by atoms with van der Waals surface area (Å²) in [4.78, 5) is 0. The Bertz CT molecular complexity index is 794. The van der Waals surface area contributed by atoms with Crippen molar-refractivity contribution < 1.29 is 59.8 Å². The van der Waals surface area contributed by atoms with Crippen molar-refractivity contribution in [1.29, 1.82) is 0 Å². The molecule has 1 saturated carbocycles. The fourth-order valence-electron chi connectivity index (χ4n) is 5.38. The van der Waals surface area contributed by atoms with E-state index in [1.165, 1.54) is 0 Å². The number of nitrogens with one attached hydrogen (secondary N) is 2. The quantitative estimate of drug-likeness (QED) is 0.0863. The molecular weight excluding hydrogens is 564 g/mol. The van der Waals surface area contributed by atoms with Crippen LogP contribution in [-0.4, -0.2) is 178 Å². The Labute approximate surface area is 243 Å². The average molecular weight is 615 g/mol. The molecule has 3 rings (SSSR count). The van der Waals surface area contributed by atoms with Crippen LogP contribution < -0.4 is 33.6 Å². The molecule has 16 atom stereocenters. The van der Waals surface area contributed by atoms with Gasteiger partial charge < -0.3 is 93.4 Å². The van der Waals surface area contributed by atoms with Gasteiger partial charge in [-0.25, -0.2) is 0 Å². The van der Waals surface area contributed by atoms with Crippen molar-refractivity contribution in [3.63, 3.8) is 0 Å². The van der Waals surface area contributed by atoms with E-state index in [-0.39, 0.29) is 39.0 Å². The highest BCUT2D eigenvalue weighted by Crippen LogP contribution is 2.31. The molecule has 0 bridgehead atoms. The molecule has 2 heterocycles. The van der Waals surface area contributed by atoms with Crippen LogP contribution in [-0.2, 0) is 18.9 Å². The van der Waals surface area contributed by atoms with Crippen molar-refractivity contribution in [2.24, 2.45) is 22.9 Å². The van der Waals surface area contributed by atoms with Gasteiger partial charge in [-0.05, 0) is 12.8 Å². The third-order valence-corrected chi connectivity index (χ3v) is 7.96. The monoisotopic (exact) mass is 614 g/mol. The van der Waals surface area contributed by atoms with E-state index in [1.807, 2.05) is 0 Å². The minimum atomic E-state index is -1.52. The summed E-state index contributed by atoms with van der Waals surface area (Å²) in [5, 5.41) is 86.8. The second-order valence-electron chi connectivity index (χ2n) is 11.3. The molecule has 3 fully saturated rings. The van der Waals surface area contributed by atoms with Crippen LogP contribution >= 0.6 is 0 Å². The molecule has 3 unspecified atom stereocenters. The summed E-state index contributed by atoms with van der Waals surface area (Å²) in [6.07, 6.45) is -13.7. The molecule has 248 valence electrons. The SMILES string of the molecule is NCC(O)CN[C@@H]1C[C@H](N)C(O[C@H]2O[C@H](CNCC(O)CO)[C@@H](O)C[C@H]2N)[C@H](O)[C@H]1O[C@H]1O[C@H](CO)[C@@H](O)[C@H](N)[C@H]1O. The normalized spacial score (nSPS) is 44.6. The molecule has 0 radical (unpaired) electrons. The first-order valence-corrected chi connectivity index (χ1v) is 14.2. The number of aliphatic hydroxyl groups is 8. The third-order valence-electron chi connectivity index (χ3n) is 7.96. The zero-order valence-corrected chi connectivity index (χ0v) is 23.4. The van der Waals surface area contributed by atoms with E-state index in [0.717, 1.165) is 0 Å². The number of hydrogen-bond donors (Lipinski definition) is 14. The zero-order chi connectivity index (χ0) is 31.1. The van der Waals surface area contributed by atoms with E-state index in [2.05, 4.69) is 10.6 Å². The van der Waals surface area contributed by atoms with Gasteiger partial charge in [-0.15, -0.1) is 0 Å². The predicted octanol–water partition coefficient (Wildman–Crippen LogP) is -8.36. The van der Waals surface area contributed by atoms with Gasteiger partial charge in [0.15, 0.2) is 12.6 Å². The number of aliphatic hydroxyl groups excluding tert-OH is 8. The van der Waals surface area contributed by atoms with Gasteiger partial charge in [0.05, 0.1) is 49.7 Å². The van der Waals surface area contributed by atoms with Gasteiger partial charge in [0, 0.05) is 38.3 Å². The molecule has 18 nitrogen and oxygen atoms in total. The van der Waals surface area contributed by atoms with Crippen molar-refractivity contribution in [3.8, 4) is 0 Å². The van der Waals surface area contributed by atoms with E-state index in [1.54, 1.807) is 0 Å². The van der Waals surface area contributed by atoms with E-state index in [0.29, 0.717) is 0 Å². The summed E-state index contributed by atoms with van der Waals surface area (Å²) in [5.74, 6) is 0. The molecule has 42 heavy (non-hydrogen) atoms. The fraction of sp³-hybridized carbons (Fsp3) is 1.00. The van der Waals surface area contributed by atoms with Crippen LogP contribution in [0.2, 0.25) is 0 Å². The van der Waals surface area contributed by atoms with Crippen LogP contribution in [0.25, 0.3) is 0 Å². The largest absolute Gasteiger partial charge is 0.394 e. The van der Waals surface area contributed by atoms with E-state index >= 15 is 0 Å². The Hall–Kier alpha value is -0.720. The summed E-state index contributed by atoms with van der Waals surface area (Å²) in [6.45, 7) is -0.861. The molecule has 18 N–H and O–H groups in total. The summed E-state index contributed by atoms with van der Waals surface area (Å²) in [6, 6.07) is -3.50. The Morgan fingerprint density at radius 1 is 0.786 bits per heavy atom. The maximum Gasteiger partial charge on any atom is 0.186 e. The van der Waals surface area contributed by atoms with Crippen molar-refractivity contribution in [3.05, 3.63) is 0 Å². The Morgan fingerprint density at radius 2 is 1.45 bits per heavy atom. The lowest BCUT2D eigenvalue weighted by Gasteiger charge is -2.48. The first-order chi connectivity index (χ1) is 19.9. The van der Waals surface area contributed by atoms with Crippen LogP contribution in [0.4, 0.5) is 0 Å². The summed E-state index contributed by atoms with van der Waals surface area (Å²) in [5.41, 5.74) is 24.0. The smallest absolute Gasteiger partial charge is 0.186 e. The van der Waals surface area contributed by atoms with Crippen molar-refractivity contribution in [2.45, 2.75) is 111 Å². The molecule has 18 heteroatoms. The van der Waals surface area contributed by atoms with Crippen LogP contribution in [0, 0.1) is 0 Å². The van der Waals surface area contributed by atoms with Gasteiger partial charge in [-0.2, -0.15) is 0 Å². The lowest BCUT2D eigenvalue weighted by atomic mass is 9.83. The van der Waals surface area contributed by atoms with Gasteiger partial charge in [0.2, 0.25) is 0 Å². The fourth-order valence-corrected chi connectivity index (χ4v) is 5.38. The summed E-state index contributed by atoms with van der Waals surface area (Å²) >= 11 is 0. The Morgan fingerprint density at radius 3 is 2.10 bits per heavy atom. The maximum atomic E-state index is 11.5. The summed E-state index contributed by atoms with van der Waals surface area (Å²) < 4.78 is 23.5. The molecular formula is C24H50N6O12. The van der Waals surface area contributed by atoms with Crippen LogP contribution in [0.1, 0.15) is 12.8 Å². The van der Waals surface area contributed by atoms with E-state index in [9.17, 15) is 35.7 Å². The van der Waals surface area contributed by atoms with Crippen molar-refractivity contribution in [1.82, 2.24) is 10.6 Å². The highest BCUT2D eigenvalue weighted by atomic mass is 16.7. The first kappa shape index (κ1) is 35.8. The lowest BCUT2D eigenvalue weighted by molar-refractivity contribution is -0.316. The molecule has 3 aliphatic rings. The minimum absolute atomic E-state index is 0.0291. The highest BCUT2D eigenvalue weighted by molar-refractivity contribution is 5.02. The first-order valence-electron chi connectivity index (χ1n) is 14.2. The number of rotatable bonds is 14. The maximum absolute atomic E-state index is 11.5. The number of nitrogens with two attached hydrogens (primary N) is 4. The molecule has 1 aliphatic carbocycles. The van der Waals surface area contributed by atoms with Gasteiger partial charge in [0.25, 0.3) is 0 Å². The van der Waals surface area contributed by atoms with Crippen LogP contribution in [0.5, 0.6) is 0 Å². The standard InChI is InChI=1S/C24H50N6O12/c25-3-9(33)5-30-13-1-11(26)21(20(38)22(13)42-24-19(37)17(28)18(36)16(8-32)40-24)41-23-12(27)2-14(35)15(39-23)6-29-4-10(34)7-31/h9-24,29-38H,1-8,25-28H2/t9?,10?,11-,12+,13+,14-,15+,16+,17-,18+,19+,20-,21?,22-,23+,24+/m0/s1. The van der Waals surface area contributed by atoms with E-state index < -0.39 is 111 Å². The topological polar surface area (TPSA) is 327 Å². The molecule has 0 amide bonds. The molecule has 2 aliphatic heterocycles. The molecule has 0 aromatic carbocycles. The zero-order valence-electron chi connectivity index (χ0n) is 23.4. The van der Waals surface area contributed by atoms with Crippen molar-refractivity contribution >= 4 is 0 Å². The van der Waals surface area contributed by atoms with Gasteiger partial charge in [-0.3, -0.25) is 0 Å². The predicted molar refractivity (Wildman–Crippen MR) is 144 cm³/mol. The average Bonchev–Trinajstić information content (AvgIpc) is 2.97. The second-order valence-corrected chi connectivity index (χ2v) is 11.3. The lowest BCUT2D eigenvalue weighted by Crippen LogP contribution is -2.69. The Kier molecular flexibility index (Phi) is 14.1.